The Bertz CT molecular complexity index is 650. The van der Waals surface area contributed by atoms with Crippen molar-refractivity contribution in [1.29, 1.82) is 0 Å². The summed E-state index contributed by atoms with van der Waals surface area (Å²) in [7, 11) is 1.41. The smallest absolute Gasteiger partial charge is 0.321 e. The lowest BCUT2D eigenvalue weighted by Crippen LogP contribution is -2.34. The SMILES string of the molecule is C[C@H](CN(C)C(=O)c1cc(N2CCNC2=O)ccc1F)C(=O)O. The van der Waals surface area contributed by atoms with Crippen LogP contribution in [-0.2, 0) is 4.79 Å². The van der Waals surface area contributed by atoms with Crippen molar-refractivity contribution in [3.05, 3.63) is 29.6 Å². The molecule has 0 aliphatic carbocycles. The third kappa shape index (κ3) is 3.58. The van der Waals surface area contributed by atoms with Crippen molar-refractivity contribution in [1.82, 2.24) is 10.2 Å². The zero-order valence-corrected chi connectivity index (χ0v) is 12.9. The van der Waals surface area contributed by atoms with Gasteiger partial charge in [-0.3, -0.25) is 14.5 Å². The topological polar surface area (TPSA) is 90.0 Å². The van der Waals surface area contributed by atoms with Crippen LogP contribution < -0.4 is 10.2 Å². The van der Waals surface area contributed by atoms with Gasteiger partial charge in [0.2, 0.25) is 0 Å². The van der Waals surface area contributed by atoms with Crippen molar-refractivity contribution < 1.29 is 23.9 Å². The second kappa shape index (κ2) is 6.64. The average Bonchev–Trinajstić information content (AvgIpc) is 2.93. The Hall–Kier alpha value is -2.64. The summed E-state index contributed by atoms with van der Waals surface area (Å²) < 4.78 is 14.0. The minimum Gasteiger partial charge on any atom is -0.481 e. The minimum absolute atomic E-state index is 0.0396. The van der Waals surface area contributed by atoms with E-state index in [1.54, 1.807) is 0 Å². The molecular weight excluding hydrogens is 305 g/mol. The Morgan fingerprint density at radius 1 is 1.48 bits per heavy atom. The summed E-state index contributed by atoms with van der Waals surface area (Å²) in [6.07, 6.45) is 0. The van der Waals surface area contributed by atoms with Crippen LogP contribution >= 0.6 is 0 Å². The zero-order chi connectivity index (χ0) is 17.1. The predicted octanol–water partition coefficient (Wildman–Crippen LogP) is 1.15. The molecule has 23 heavy (non-hydrogen) atoms. The Morgan fingerprint density at radius 3 is 2.74 bits per heavy atom. The van der Waals surface area contributed by atoms with E-state index in [2.05, 4.69) is 5.32 Å². The maximum absolute atomic E-state index is 14.0. The molecule has 2 rings (SSSR count). The second-order valence-corrected chi connectivity index (χ2v) is 5.47. The Labute approximate surface area is 132 Å². The van der Waals surface area contributed by atoms with Crippen molar-refractivity contribution in [2.75, 3.05) is 31.6 Å². The van der Waals surface area contributed by atoms with Gasteiger partial charge in [-0.05, 0) is 18.2 Å². The molecule has 7 nitrogen and oxygen atoms in total. The summed E-state index contributed by atoms with van der Waals surface area (Å²) in [5.41, 5.74) is 0.228. The Kier molecular flexibility index (Phi) is 4.83. The van der Waals surface area contributed by atoms with Crippen molar-refractivity contribution in [2.24, 2.45) is 5.92 Å². The fraction of sp³-hybridized carbons (Fsp3) is 0.400. The third-order valence-electron chi connectivity index (χ3n) is 3.66. The van der Waals surface area contributed by atoms with Crippen LogP contribution in [0.25, 0.3) is 0 Å². The highest BCUT2D eigenvalue weighted by Gasteiger charge is 2.25. The van der Waals surface area contributed by atoms with Crippen LogP contribution in [0.5, 0.6) is 0 Å². The second-order valence-electron chi connectivity index (χ2n) is 5.47. The van der Waals surface area contributed by atoms with E-state index in [9.17, 15) is 18.8 Å². The number of carbonyl (C=O) groups is 3. The first-order chi connectivity index (χ1) is 10.8. The number of halogens is 1. The number of anilines is 1. The molecule has 1 aromatic rings. The molecule has 3 amide bonds. The number of carboxylic acids is 1. The zero-order valence-electron chi connectivity index (χ0n) is 12.9. The van der Waals surface area contributed by atoms with Gasteiger partial charge in [0.25, 0.3) is 5.91 Å². The van der Waals surface area contributed by atoms with Gasteiger partial charge in [-0.1, -0.05) is 6.92 Å². The fourth-order valence-electron chi connectivity index (χ4n) is 2.34. The quantitative estimate of drug-likeness (QED) is 0.850. The van der Waals surface area contributed by atoms with Crippen LogP contribution in [0, 0.1) is 11.7 Å². The number of carbonyl (C=O) groups excluding carboxylic acids is 2. The highest BCUT2D eigenvalue weighted by Crippen LogP contribution is 2.21. The largest absolute Gasteiger partial charge is 0.481 e. The minimum atomic E-state index is -1.03. The maximum Gasteiger partial charge on any atom is 0.321 e. The molecule has 0 unspecified atom stereocenters. The molecule has 1 aromatic carbocycles. The lowest BCUT2D eigenvalue weighted by atomic mass is 10.1. The van der Waals surface area contributed by atoms with Gasteiger partial charge in [0, 0.05) is 32.4 Å². The summed E-state index contributed by atoms with van der Waals surface area (Å²) in [4.78, 5) is 37.4. The van der Waals surface area contributed by atoms with E-state index < -0.39 is 23.6 Å². The van der Waals surface area contributed by atoms with Gasteiger partial charge in [-0.25, -0.2) is 9.18 Å². The fourth-order valence-corrected chi connectivity index (χ4v) is 2.34. The lowest BCUT2D eigenvalue weighted by Gasteiger charge is -2.21. The van der Waals surface area contributed by atoms with E-state index in [1.807, 2.05) is 0 Å². The van der Waals surface area contributed by atoms with Crippen LogP contribution in [-0.4, -0.2) is 54.6 Å². The van der Waals surface area contributed by atoms with E-state index in [0.29, 0.717) is 18.8 Å². The van der Waals surface area contributed by atoms with Gasteiger partial charge in [0.15, 0.2) is 0 Å². The first-order valence-electron chi connectivity index (χ1n) is 7.14. The van der Waals surface area contributed by atoms with Crippen molar-refractivity contribution in [2.45, 2.75) is 6.92 Å². The molecule has 8 heteroatoms. The van der Waals surface area contributed by atoms with Gasteiger partial charge in [-0.2, -0.15) is 0 Å². The van der Waals surface area contributed by atoms with Crippen LogP contribution in [0.4, 0.5) is 14.9 Å². The number of benzene rings is 1. The average molecular weight is 323 g/mol. The highest BCUT2D eigenvalue weighted by atomic mass is 19.1. The summed E-state index contributed by atoms with van der Waals surface area (Å²) in [6, 6.07) is 3.56. The first-order valence-corrected chi connectivity index (χ1v) is 7.14. The van der Waals surface area contributed by atoms with Crippen molar-refractivity contribution >= 4 is 23.6 Å². The van der Waals surface area contributed by atoms with Gasteiger partial charge >= 0.3 is 12.0 Å². The monoisotopic (exact) mass is 323 g/mol. The van der Waals surface area contributed by atoms with E-state index in [1.165, 1.54) is 31.0 Å². The number of aliphatic carboxylic acids is 1. The van der Waals surface area contributed by atoms with Gasteiger partial charge in [-0.15, -0.1) is 0 Å². The van der Waals surface area contributed by atoms with Crippen LogP contribution in [0.3, 0.4) is 0 Å². The molecule has 1 fully saturated rings. The molecule has 1 heterocycles. The number of amides is 3. The molecule has 0 aromatic heterocycles. The number of urea groups is 1. The molecule has 0 radical (unpaired) electrons. The molecule has 0 bridgehead atoms. The van der Waals surface area contributed by atoms with E-state index in [-0.39, 0.29) is 18.1 Å². The number of nitrogens with zero attached hydrogens (tertiary/aromatic N) is 2. The summed E-state index contributed by atoms with van der Waals surface area (Å²) in [6.45, 7) is 2.34. The first kappa shape index (κ1) is 16.7. The molecule has 124 valence electrons. The number of nitrogens with one attached hydrogen (secondary N) is 1. The summed E-state index contributed by atoms with van der Waals surface area (Å²) in [5, 5.41) is 11.5. The van der Waals surface area contributed by atoms with Crippen molar-refractivity contribution in [3.63, 3.8) is 0 Å². The number of hydrogen-bond donors (Lipinski definition) is 2. The molecule has 2 N–H and O–H groups in total. The third-order valence-corrected chi connectivity index (χ3v) is 3.66. The van der Waals surface area contributed by atoms with Crippen LogP contribution in [0.1, 0.15) is 17.3 Å². The van der Waals surface area contributed by atoms with E-state index >= 15 is 0 Å². The van der Waals surface area contributed by atoms with Gasteiger partial charge in [0.05, 0.1) is 11.5 Å². The standard InChI is InChI=1S/C15H18FN3O4/c1-9(14(21)22)8-18(2)13(20)11-7-10(3-4-12(11)16)19-6-5-17-15(19)23/h3-4,7,9H,5-6,8H2,1-2H3,(H,17,23)(H,21,22)/t9-/m1/s1. The maximum atomic E-state index is 14.0. The molecule has 1 aliphatic heterocycles. The lowest BCUT2D eigenvalue weighted by molar-refractivity contribution is -0.141. The van der Waals surface area contributed by atoms with Crippen LogP contribution in [0.15, 0.2) is 18.2 Å². The molecular formula is C15H18FN3O4. The van der Waals surface area contributed by atoms with E-state index in [0.717, 1.165) is 11.0 Å². The van der Waals surface area contributed by atoms with Crippen molar-refractivity contribution in [3.8, 4) is 0 Å². The highest BCUT2D eigenvalue weighted by molar-refractivity contribution is 5.98. The predicted molar refractivity (Wildman–Crippen MR) is 80.9 cm³/mol. The molecule has 1 atom stereocenters. The molecule has 0 spiro atoms. The summed E-state index contributed by atoms with van der Waals surface area (Å²) in [5.74, 6) is -3.14. The summed E-state index contributed by atoms with van der Waals surface area (Å²) >= 11 is 0. The molecule has 1 aliphatic rings. The van der Waals surface area contributed by atoms with Crippen LogP contribution in [0.2, 0.25) is 0 Å². The van der Waals surface area contributed by atoms with Gasteiger partial charge in [0.1, 0.15) is 5.82 Å². The Morgan fingerprint density at radius 2 is 2.17 bits per heavy atom. The molecule has 0 saturated carbocycles. The number of carboxylic acid groups (broad SMARTS) is 1. The van der Waals surface area contributed by atoms with Gasteiger partial charge < -0.3 is 15.3 Å². The van der Waals surface area contributed by atoms with E-state index in [4.69, 9.17) is 5.11 Å². The number of rotatable bonds is 5. The Balaban J connectivity index is 2.22. The normalized spacial score (nSPS) is 15.3. The number of hydrogen-bond acceptors (Lipinski definition) is 3. The molecule has 1 saturated heterocycles.